The smallest absolute Gasteiger partial charge is 0.243 e. The van der Waals surface area contributed by atoms with Crippen LogP contribution in [0.25, 0.3) is 0 Å². The van der Waals surface area contributed by atoms with Gasteiger partial charge in [-0.2, -0.15) is 0 Å². The summed E-state index contributed by atoms with van der Waals surface area (Å²) in [6, 6.07) is 3.70. The van der Waals surface area contributed by atoms with Crippen molar-refractivity contribution in [3.63, 3.8) is 0 Å². The number of nitrogens with one attached hydrogen (secondary N) is 2. The largest absolute Gasteiger partial charge is 0.355 e. The average molecular weight is 364 g/mol. The number of likely N-dealkylation sites (N-methyl/N-ethyl adjacent to an activating group) is 1. The Kier molecular flexibility index (Phi) is 6.34. The first kappa shape index (κ1) is 19.9. The van der Waals surface area contributed by atoms with Crippen molar-refractivity contribution >= 4 is 11.9 Å². The molecule has 0 atom stereocenters. The van der Waals surface area contributed by atoms with E-state index in [1.807, 2.05) is 6.92 Å². The Bertz CT molecular complexity index is 711. The van der Waals surface area contributed by atoms with E-state index >= 15 is 0 Å². The number of rotatable bonds is 7. The van der Waals surface area contributed by atoms with Crippen molar-refractivity contribution in [2.24, 2.45) is 4.99 Å². The minimum absolute atomic E-state index is 0.0104. The van der Waals surface area contributed by atoms with E-state index in [1.165, 1.54) is 17.0 Å². The van der Waals surface area contributed by atoms with E-state index in [1.54, 1.807) is 14.1 Å². The van der Waals surface area contributed by atoms with Crippen molar-refractivity contribution in [3.8, 4) is 0 Å². The van der Waals surface area contributed by atoms with Crippen molar-refractivity contribution in [1.29, 1.82) is 0 Å². The van der Waals surface area contributed by atoms with Crippen LogP contribution in [-0.2, 0) is 10.2 Å². The van der Waals surface area contributed by atoms with Gasteiger partial charge in [-0.05, 0) is 31.4 Å². The molecule has 0 unspecified atom stereocenters. The molecule has 1 fully saturated rings. The second-order valence-corrected chi connectivity index (χ2v) is 7.02. The van der Waals surface area contributed by atoms with E-state index in [-0.39, 0.29) is 17.9 Å². The summed E-state index contributed by atoms with van der Waals surface area (Å²) in [5.74, 6) is -0.757. The van der Waals surface area contributed by atoms with E-state index in [0.717, 1.165) is 24.5 Å². The summed E-state index contributed by atoms with van der Waals surface area (Å²) in [6.07, 6.45) is 1.62. The molecule has 1 aliphatic carbocycles. The summed E-state index contributed by atoms with van der Waals surface area (Å²) in [5, 5.41) is 6.28. The quantitative estimate of drug-likeness (QED) is 0.443. The highest BCUT2D eigenvalue weighted by Gasteiger charge is 2.46. The Labute approximate surface area is 153 Å². The van der Waals surface area contributed by atoms with Crippen LogP contribution >= 0.6 is 0 Å². The maximum absolute atomic E-state index is 14.1. The normalized spacial score (nSPS) is 15.3. The number of benzene rings is 1. The second-order valence-electron chi connectivity index (χ2n) is 7.02. The van der Waals surface area contributed by atoms with Crippen molar-refractivity contribution < 1.29 is 13.6 Å². The third-order valence-electron chi connectivity index (χ3n) is 4.38. The number of guanidine groups is 1. The van der Waals surface area contributed by atoms with E-state index in [2.05, 4.69) is 22.2 Å². The summed E-state index contributed by atoms with van der Waals surface area (Å²) < 4.78 is 27.3. The van der Waals surface area contributed by atoms with Crippen molar-refractivity contribution in [2.75, 3.05) is 33.7 Å². The molecular weight excluding hydrogens is 338 g/mol. The van der Waals surface area contributed by atoms with E-state index in [0.29, 0.717) is 24.6 Å². The SMILES string of the molecule is C=C(C)CNC(=NCC(=O)N(C)C)NCC1(c2ccc(F)cc2F)CC1. The zero-order valence-corrected chi connectivity index (χ0v) is 15.5. The molecule has 1 aromatic rings. The molecule has 0 aromatic heterocycles. The fourth-order valence-corrected chi connectivity index (χ4v) is 2.56. The van der Waals surface area contributed by atoms with Crippen molar-refractivity contribution in [1.82, 2.24) is 15.5 Å². The number of nitrogens with zero attached hydrogens (tertiary/aromatic N) is 2. The minimum atomic E-state index is -0.581. The van der Waals surface area contributed by atoms with E-state index in [9.17, 15) is 13.6 Å². The molecule has 0 saturated heterocycles. The molecular formula is C19H26F2N4O. The van der Waals surface area contributed by atoms with Gasteiger partial charge < -0.3 is 15.5 Å². The maximum Gasteiger partial charge on any atom is 0.243 e. The van der Waals surface area contributed by atoms with Crippen LogP contribution in [-0.4, -0.2) is 50.5 Å². The van der Waals surface area contributed by atoms with Crippen LogP contribution in [0.15, 0.2) is 35.3 Å². The lowest BCUT2D eigenvalue weighted by molar-refractivity contribution is -0.127. The summed E-state index contributed by atoms with van der Waals surface area (Å²) in [4.78, 5) is 17.5. The van der Waals surface area contributed by atoms with E-state index in [4.69, 9.17) is 0 Å². The van der Waals surface area contributed by atoms with Gasteiger partial charge in [0.2, 0.25) is 5.91 Å². The molecule has 1 aliphatic rings. The van der Waals surface area contributed by atoms with Crippen LogP contribution in [0.3, 0.4) is 0 Å². The van der Waals surface area contributed by atoms with Crippen LogP contribution in [0.5, 0.6) is 0 Å². The predicted octanol–water partition coefficient (Wildman–Crippen LogP) is 2.20. The molecule has 2 N–H and O–H groups in total. The van der Waals surface area contributed by atoms with Crippen LogP contribution in [0.4, 0.5) is 8.78 Å². The number of carbonyl (C=O) groups is 1. The van der Waals surface area contributed by atoms with Gasteiger partial charge in [0.05, 0.1) is 0 Å². The van der Waals surface area contributed by atoms with Crippen LogP contribution in [0.2, 0.25) is 0 Å². The monoisotopic (exact) mass is 364 g/mol. The average Bonchev–Trinajstić information content (AvgIpc) is 3.34. The van der Waals surface area contributed by atoms with Gasteiger partial charge in [0.25, 0.3) is 0 Å². The number of carbonyl (C=O) groups excluding carboxylic acids is 1. The van der Waals surface area contributed by atoms with Gasteiger partial charge in [0.15, 0.2) is 5.96 Å². The molecule has 1 aromatic carbocycles. The lowest BCUT2D eigenvalue weighted by atomic mass is 9.95. The molecule has 0 heterocycles. The Morgan fingerprint density at radius 2 is 2.00 bits per heavy atom. The van der Waals surface area contributed by atoms with Gasteiger partial charge in [-0.25, -0.2) is 13.8 Å². The first-order valence-electron chi connectivity index (χ1n) is 8.56. The number of aliphatic imine (C=N–C) groups is 1. The number of hydrogen-bond acceptors (Lipinski definition) is 2. The molecule has 5 nitrogen and oxygen atoms in total. The van der Waals surface area contributed by atoms with Crippen molar-refractivity contribution in [3.05, 3.63) is 47.5 Å². The molecule has 142 valence electrons. The van der Waals surface area contributed by atoms with Crippen molar-refractivity contribution in [2.45, 2.75) is 25.2 Å². The van der Waals surface area contributed by atoms with E-state index < -0.39 is 11.6 Å². The lowest BCUT2D eigenvalue weighted by Gasteiger charge is -2.20. The molecule has 26 heavy (non-hydrogen) atoms. The first-order chi connectivity index (χ1) is 12.2. The van der Waals surface area contributed by atoms with Gasteiger partial charge in [-0.15, -0.1) is 0 Å². The molecule has 1 saturated carbocycles. The van der Waals surface area contributed by atoms with Gasteiger partial charge in [-0.3, -0.25) is 4.79 Å². The lowest BCUT2D eigenvalue weighted by Crippen LogP contribution is -2.42. The highest BCUT2D eigenvalue weighted by atomic mass is 19.1. The summed E-state index contributed by atoms with van der Waals surface area (Å²) in [7, 11) is 3.34. The highest BCUT2D eigenvalue weighted by molar-refractivity contribution is 5.85. The minimum Gasteiger partial charge on any atom is -0.355 e. The second kappa shape index (κ2) is 8.29. The van der Waals surface area contributed by atoms with Gasteiger partial charge >= 0.3 is 0 Å². The molecule has 0 radical (unpaired) electrons. The Hall–Kier alpha value is -2.44. The standard InChI is InChI=1S/C19H26F2N4O/c1-13(2)10-22-18(23-11-17(26)25(3)4)24-12-19(7-8-19)15-6-5-14(20)9-16(15)21/h5-6,9H,1,7-8,10-12H2,2-4H3,(H2,22,23,24). The number of amides is 1. The third-order valence-corrected chi connectivity index (χ3v) is 4.38. The fraction of sp³-hybridized carbons (Fsp3) is 0.474. The van der Waals surface area contributed by atoms with Crippen LogP contribution in [0.1, 0.15) is 25.3 Å². The Balaban J connectivity index is 2.06. The number of hydrogen-bond donors (Lipinski definition) is 2. The zero-order valence-electron chi connectivity index (χ0n) is 15.5. The molecule has 0 aliphatic heterocycles. The summed E-state index contributed by atoms with van der Waals surface area (Å²) in [6.45, 7) is 6.69. The fourth-order valence-electron chi connectivity index (χ4n) is 2.56. The molecule has 2 rings (SSSR count). The zero-order chi connectivity index (χ0) is 19.3. The van der Waals surface area contributed by atoms with Gasteiger partial charge in [0.1, 0.15) is 18.2 Å². The van der Waals surface area contributed by atoms with Crippen LogP contribution < -0.4 is 10.6 Å². The maximum atomic E-state index is 14.1. The van der Waals surface area contributed by atoms with Crippen LogP contribution in [0, 0.1) is 11.6 Å². The van der Waals surface area contributed by atoms with Gasteiger partial charge in [0, 0.05) is 38.7 Å². The molecule has 0 spiro atoms. The number of halogens is 2. The van der Waals surface area contributed by atoms with Gasteiger partial charge in [-0.1, -0.05) is 18.2 Å². The predicted molar refractivity (Wildman–Crippen MR) is 99.1 cm³/mol. The summed E-state index contributed by atoms with van der Waals surface area (Å²) >= 11 is 0. The molecule has 0 bridgehead atoms. The highest BCUT2D eigenvalue weighted by Crippen LogP contribution is 2.48. The first-order valence-corrected chi connectivity index (χ1v) is 8.56. The Morgan fingerprint density at radius 3 is 2.54 bits per heavy atom. The topological polar surface area (TPSA) is 56.7 Å². The molecule has 7 heteroatoms. The Morgan fingerprint density at radius 1 is 1.31 bits per heavy atom. The summed E-state index contributed by atoms with van der Waals surface area (Å²) in [5.41, 5.74) is 1.06. The third kappa shape index (κ3) is 5.28. The molecule has 1 amide bonds.